The maximum Gasteiger partial charge on any atom is 0.343 e. The molecule has 1 N–H and O–H groups in total. The highest BCUT2D eigenvalue weighted by Gasteiger charge is 2.22. The van der Waals surface area contributed by atoms with E-state index in [0.717, 1.165) is 22.0 Å². The van der Waals surface area contributed by atoms with Gasteiger partial charge in [-0.25, -0.2) is 9.78 Å². The highest BCUT2D eigenvalue weighted by atomic mass is 16.5. The lowest BCUT2D eigenvalue weighted by molar-refractivity contribution is -0.111. The number of anilines is 1. The molecule has 4 rings (SSSR count). The smallest absolute Gasteiger partial charge is 0.343 e. The van der Waals surface area contributed by atoms with Crippen LogP contribution in [0.3, 0.4) is 0 Å². The van der Waals surface area contributed by atoms with E-state index < -0.39 is 11.9 Å². The molecular formula is C29H30N4O3. The second kappa shape index (κ2) is 10.2. The van der Waals surface area contributed by atoms with Crippen molar-refractivity contribution in [3.8, 4) is 5.82 Å². The Morgan fingerprint density at radius 1 is 1.08 bits per heavy atom. The molecule has 2 aromatic heterocycles. The second-order valence-corrected chi connectivity index (χ2v) is 9.55. The standard InChI is InChI=1S/C29H30N4O3/c1-6-36-28(35)23-18-30-33(25-17-19(2)22-9-7-8-10-24(22)31-25)27(23)32-26(34)16-13-20-11-14-21(15-12-20)29(3,4)5/h7-18H,6H2,1-5H3,(H,32,34)/b16-13+. The highest BCUT2D eigenvalue weighted by molar-refractivity contribution is 6.05. The molecular weight excluding hydrogens is 452 g/mol. The molecule has 1 amide bonds. The number of esters is 1. The summed E-state index contributed by atoms with van der Waals surface area (Å²) < 4.78 is 6.63. The Morgan fingerprint density at radius 2 is 1.81 bits per heavy atom. The van der Waals surface area contributed by atoms with Gasteiger partial charge in [-0.15, -0.1) is 0 Å². The van der Waals surface area contributed by atoms with E-state index >= 15 is 0 Å². The van der Waals surface area contributed by atoms with E-state index in [1.807, 2.05) is 49.4 Å². The topological polar surface area (TPSA) is 86.1 Å². The Hall–Kier alpha value is -4.26. The summed E-state index contributed by atoms with van der Waals surface area (Å²) in [5, 5.41) is 8.18. The van der Waals surface area contributed by atoms with E-state index in [2.05, 4.69) is 43.3 Å². The molecule has 0 saturated heterocycles. The summed E-state index contributed by atoms with van der Waals surface area (Å²) in [6.07, 6.45) is 4.54. The molecule has 0 spiro atoms. The molecule has 0 bridgehead atoms. The molecule has 184 valence electrons. The number of pyridine rings is 1. The van der Waals surface area contributed by atoms with Gasteiger partial charge in [0.1, 0.15) is 5.56 Å². The van der Waals surface area contributed by atoms with Gasteiger partial charge in [0.05, 0.1) is 18.3 Å². The van der Waals surface area contributed by atoms with Crippen LogP contribution in [0.1, 0.15) is 54.7 Å². The molecule has 0 aliphatic carbocycles. The number of hydrogen-bond acceptors (Lipinski definition) is 5. The van der Waals surface area contributed by atoms with E-state index in [-0.39, 0.29) is 23.4 Å². The number of nitrogens with zero attached hydrogens (tertiary/aromatic N) is 3. The number of nitrogens with one attached hydrogen (secondary N) is 1. The van der Waals surface area contributed by atoms with Crippen LogP contribution in [0.25, 0.3) is 22.8 Å². The number of aromatic nitrogens is 3. The molecule has 2 heterocycles. The van der Waals surface area contributed by atoms with Gasteiger partial charge in [-0.1, -0.05) is 63.2 Å². The maximum atomic E-state index is 12.9. The van der Waals surface area contributed by atoms with Crippen molar-refractivity contribution in [2.75, 3.05) is 11.9 Å². The number of aryl methyl sites for hydroxylation is 1. The first-order valence-electron chi connectivity index (χ1n) is 11.9. The van der Waals surface area contributed by atoms with E-state index in [1.165, 1.54) is 22.5 Å². The summed E-state index contributed by atoms with van der Waals surface area (Å²) in [7, 11) is 0. The number of rotatable bonds is 6. The number of ether oxygens (including phenoxy) is 1. The predicted molar refractivity (Wildman–Crippen MR) is 142 cm³/mol. The van der Waals surface area contributed by atoms with Gasteiger partial charge in [0.15, 0.2) is 11.6 Å². The number of amides is 1. The predicted octanol–water partition coefficient (Wildman–Crippen LogP) is 5.86. The van der Waals surface area contributed by atoms with Crippen molar-refractivity contribution in [2.45, 2.75) is 40.0 Å². The SMILES string of the molecule is CCOC(=O)c1cnn(-c2cc(C)c3ccccc3n2)c1NC(=O)/C=C/c1ccc(C(C)(C)C)cc1. The van der Waals surface area contributed by atoms with E-state index in [1.54, 1.807) is 13.0 Å². The van der Waals surface area contributed by atoms with Crippen LogP contribution in [0.2, 0.25) is 0 Å². The molecule has 2 aromatic carbocycles. The minimum Gasteiger partial charge on any atom is -0.462 e. The van der Waals surface area contributed by atoms with Gasteiger partial charge in [0.2, 0.25) is 5.91 Å². The molecule has 0 atom stereocenters. The summed E-state index contributed by atoms with van der Waals surface area (Å²) in [6, 6.07) is 17.7. The molecule has 0 radical (unpaired) electrons. The molecule has 0 aliphatic rings. The minimum atomic E-state index is -0.571. The fourth-order valence-corrected chi connectivity index (χ4v) is 3.87. The van der Waals surface area contributed by atoms with Gasteiger partial charge in [-0.3, -0.25) is 4.79 Å². The third-order valence-corrected chi connectivity index (χ3v) is 5.84. The largest absolute Gasteiger partial charge is 0.462 e. The van der Waals surface area contributed by atoms with Gasteiger partial charge in [0, 0.05) is 11.5 Å². The Labute approximate surface area is 210 Å². The Morgan fingerprint density at radius 3 is 2.50 bits per heavy atom. The minimum absolute atomic E-state index is 0.0523. The maximum absolute atomic E-state index is 12.9. The molecule has 4 aromatic rings. The number of fused-ring (bicyclic) bond motifs is 1. The Kier molecular flexibility index (Phi) is 7.01. The summed E-state index contributed by atoms with van der Waals surface area (Å²) in [4.78, 5) is 30.2. The number of carbonyl (C=O) groups is 2. The monoisotopic (exact) mass is 482 g/mol. The van der Waals surface area contributed by atoms with Gasteiger partial charge in [-0.2, -0.15) is 9.78 Å². The van der Waals surface area contributed by atoms with Crippen molar-refractivity contribution < 1.29 is 14.3 Å². The van der Waals surface area contributed by atoms with Crippen LogP contribution in [-0.2, 0) is 14.9 Å². The lowest BCUT2D eigenvalue weighted by Gasteiger charge is -2.18. The lowest BCUT2D eigenvalue weighted by atomic mass is 9.87. The zero-order valence-corrected chi connectivity index (χ0v) is 21.2. The number of benzene rings is 2. The van der Waals surface area contributed by atoms with Crippen LogP contribution in [0.4, 0.5) is 5.82 Å². The molecule has 0 unspecified atom stereocenters. The van der Waals surface area contributed by atoms with Gasteiger partial charge in [-0.05, 0) is 54.2 Å². The number of para-hydroxylation sites is 1. The van der Waals surface area contributed by atoms with Gasteiger partial charge < -0.3 is 10.1 Å². The van der Waals surface area contributed by atoms with Crippen molar-refractivity contribution in [1.82, 2.24) is 14.8 Å². The molecule has 7 heteroatoms. The Balaban J connectivity index is 1.66. The number of carbonyl (C=O) groups excluding carboxylic acids is 2. The zero-order valence-electron chi connectivity index (χ0n) is 21.2. The summed E-state index contributed by atoms with van der Waals surface area (Å²) in [5.74, 6) is -0.287. The zero-order chi connectivity index (χ0) is 25.9. The third-order valence-electron chi connectivity index (χ3n) is 5.84. The molecule has 0 fully saturated rings. The normalized spacial score (nSPS) is 11.7. The van der Waals surface area contributed by atoms with Crippen LogP contribution in [0, 0.1) is 6.92 Å². The first-order valence-corrected chi connectivity index (χ1v) is 11.9. The first kappa shape index (κ1) is 24.9. The number of hydrogen-bond donors (Lipinski definition) is 1. The fourth-order valence-electron chi connectivity index (χ4n) is 3.87. The molecule has 36 heavy (non-hydrogen) atoms. The average molecular weight is 483 g/mol. The van der Waals surface area contributed by atoms with Crippen LogP contribution >= 0.6 is 0 Å². The highest BCUT2D eigenvalue weighted by Crippen LogP contribution is 2.25. The summed E-state index contributed by atoms with van der Waals surface area (Å²) in [5.41, 5.74) is 4.10. The quantitative estimate of drug-likeness (QED) is 0.275. The summed E-state index contributed by atoms with van der Waals surface area (Å²) >= 11 is 0. The van der Waals surface area contributed by atoms with Crippen LogP contribution in [-0.4, -0.2) is 33.2 Å². The van der Waals surface area contributed by atoms with E-state index in [4.69, 9.17) is 9.72 Å². The van der Waals surface area contributed by atoms with Crippen molar-refractivity contribution >= 4 is 34.7 Å². The van der Waals surface area contributed by atoms with Crippen LogP contribution in [0.5, 0.6) is 0 Å². The van der Waals surface area contributed by atoms with Crippen molar-refractivity contribution in [1.29, 1.82) is 0 Å². The van der Waals surface area contributed by atoms with E-state index in [9.17, 15) is 9.59 Å². The average Bonchev–Trinajstić information content (AvgIpc) is 3.26. The van der Waals surface area contributed by atoms with Crippen molar-refractivity contribution in [2.24, 2.45) is 0 Å². The lowest BCUT2D eigenvalue weighted by Crippen LogP contribution is -2.16. The third kappa shape index (κ3) is 5.35. The first-order chi connectivity index (χ1) is 17.2. The molecule has 0 saturated carbocycles. The molecule has 0 aliphatic heterocycles. The van der Waals surface area contributed by atoms with Gasteiger partial charge in [0.25, 0.3) is 0 Å². The van der Waals surface area contributed by atoms with Crippen molar-refractivity contribution in [3.63, 3.8) is 0 Å². The van der Waals surface area contributed by atoms with Crippen LogP contribution in [0.15, 0.2) is 66.9 Å². The summed E-state index contributed by atoms with van der Waals surface area (Å²) in [6.45, 7) is 10.4. The van der Waals surface area contributed by atoms with E-state index in [0.29, 0.717) is 5.82 Å². The fraction of sp³-hybridized carbons (Fsp3) is 0.241. The van der Waals surface area contributed by atoms with Crippen molar-refractivity contribution in [3.05, 3.63) is 89.1 Å². The van der Waals surface area contributed by atoms with Gasteiger partial charge >= 0.3 is 5.97 Å². The Bertz CT molecular complexity index is 1440. The molecule has 7 nitrogen and oxygen atoms in total. The van der Waals surface area contributed by atoms with Crippen LogP contribution < -0.4 is 5.32 Å². The second-order valence-electron chi connectivity index (χ2n) is 9.55.